The normalized spacial score (nSPS) is 17.4. The van der Waals surface area contributed by atoms with Crippen LogP contribution in [0.15, 0.2) is 30.3 Å². The number of carbonyl (C=O) groups is 5. The van der Waals surface area contributed by atoms with Crippen molar-refractivity contribution in [2.24, 2.45) is 5.92 Å². The van der Waals surface area contributed by atoms with Crippen molar-refractivity contribution in [3.8, 4) is 0 Å². The number of benzene rings is 1. The maximum Gasteiger partial charge on any atom is 0.303 e. The highest BCUT2D eigenvalue weighted by atomic mass is 31.0. The third-order valence-electron chi connectivity index (χ3n) is 7.56. The summed E-state index contributed by atoms with van der Waals surface area (Å²) >= 11 is 0. The first kappa shape index (κ1) is 35.2. The van der Waals surface area contributed by atoms with Gasteiger partial charge in [0.25, 0.3) is 0 Å². The standard InChI is InChI=1S/C29H43F2N4O6P/c1-17(36)21(16-23(30)31)34-28(40)22(15-18-9-5-3-6-10-18)35-27(39)20(13-14-24(37)38)33-29(41)25(32-2)26(42)19-11-7-4-8-12-19/h4,7-8,11-12,18,20-23,25-26,32H,3,5-6,9-10,13-16,42H2,1-2H3,(H,33,41)(H,34,40)(H,35,39)(H,37,38)/t20-,21?,22-,25?,26?/m0/s1. The van der Waals surface area contributed by atoms with Crippen LogP contribution >= 0.6 is 9.24 Å². The van der Waals surface area contributed by atoms with Crippen molar-refractivity contribution >= 4 is 38.7 Å². The summed E-state index contributed by atoms with van der Waals surface area (Å²) in [6.45, 7) is 1.10. The highest BCUT2D eigenvalue weighted by Gasteiger charge is 2.34. The number of aliphatic carboxylic acids is 1. The van der Waals surface area contributed by atoms with Gasteiger partial charge in [-0.15, -0.1) is 9.24 Å². The summed E-state index contributed by atoms with van der Waals surface area (Å²) in [5, 5.41) is 19.8. The number of hydrogen-bond donors (Lipinski definition) is 5. The van der Waals surface area contributed by atoms with E-state index in [9.17, 15) is 37.9 Å². The Hall–Kier alpha value is -2.98. The highest BCUT2D eigenvalue weighted by Crippen LogP contribution is 2.28. The van der Waals surface area contributed by atoms with Gasteiger partial charge in [-0.25, -0.2) is 8.78 Å². The van der Waals surface area contributed by atoms with Crippen molar-refractivity contribution in [3.05, 3.63) is 35.9 Å². The first-order chi connectivity index (χ1) is 19.9. The Balaban J connectivity index is 2.25. The smallest absolute Gasteiger partial charge is 0.303 e. The largest absolute Gasteiger partial charge is 0.481 e. The van der Waals surface area contributed by atoms with Crippen molar-refractivity contribution in [2.45, 2.75) is 101 Å². The van der Waals surface area contributed by atoms with E-state index in [0.29, 0.717) is 0 Å². The second-order valence-corrected chi connectivity index (χ2v) is 11.5. The van der Waals surface area contributed by atoms with E-state index in [4.69, 9.17) is 0 Å². The van der Waals surface area contributed by atoms with E-state index in [2.05, 4.69) is 30.5 Å². The van der Waals surface area contributed by atoms with Crippen molar-refractivity contribution in [1.82, 2.24) is 21.3 Å². The van der Waals surface area contributed by atoms with Gasteiger partial charge in [0.15, 0.2) is 5.78 Å². The lowest BCUT2D eigenvalue weighted by Gasteiger charge is -2.30. The van der Waals surface area contributed by atoms with Crippen molar-refractivity contribution in [1.29, 1.82) is 0 Å². The average Bonchev–Trinajstić information content (AvgIpc) is 2.95. The molecule has 0 heterocycles. The Labute approximate surface area is 247 Å². The number of ketones is 1. The summed E-state index contributed by atoms with van der Waals surface area (Å²) in [5.41, 5.74) is 0.471. The van der Waals surface area contributed by atoms with Crippen LogP contribution in [0.5, 0.6) is 0 Å². The van der Waals surface area contributed by atoms with Gasteiger partial charge in [0.2, 0.25) is 24.1 Å². The number of halogens is 2. The topological polar surface area (TPSA) is 154 Å². The van der Waals surface area contributed by atoms with Gasteiger partial charge in [0.05, 0.1) is 12.1 Å². The predicted octanol–water partition coefficient (Wildman–Crippen LogP) is 2.72. The summed E-state index contributed by atoms with van der Waals surface area (Å²) in [6, 6.07) is 4.54. The molecule has 42 heavy (non-hydrogen) atoms. The third-order valence-corrected chi connectivity index (χ3v) is 8.33. The minimum atomic E-state index is -2.82. The Morgan fingerprint density at radius 1 is 0.905 bits per heavy atom. The van der Waals surface area contributed by atoms with E-state index in [1.165, 1.54) is 0 Å². The van der Waals surface area contributed by atoms with Crippen LogP contribution in [-0.2, 0) is 24.0 Å². The van der Waals surface area contributed by atoms with Crippen LogP contribution < -0.4 is 21.3 Å². The number of hydrogen-bond acceptors (Lipinski definition) is 6. The molecule has 3 amide bonds. The number of nitrogens with one attached hydrogen (secondary N) is 4. The average molecular weight is 613 g/mol. The molecule has 0 radical (unpaired) electrons. The fourth-order valence-electron chi connectivity index (χ4n) is 5.18. The second kappa shape index (κ2) is 17.9. The van der Waals surface area contributed by atoms with Gasteiger partial charge in [0, 0.05) is 18.5 Å². The molecule has 2 rings (SSSR count). The fourth-order valence-corrected chi connectivity index (χ4v) is 5.77. The first-order valence-electron chi connectivity index (χ1n) is 14.3. The summed E-state index contributed by atoms with van der Waals surface area (Å²) < 4.78 is 26.1. The number of Topliss-reactive ketones (excluding diaryl/α,β-unsaturated/α-hetero) is 1. The van der Waals surface area contributed by atoms with E-state index in [1.54, 1.807) is 7.05 Å². The van der Waals surface area contributed by atoms with Gasteiger partial charge in [-0.2, -0.15) is 0 Å². The molecule has 0 aromatic heterocycles. The van der Waals surface area contributed by atoms with E-state index in [-0.39, 0.29) is 24.4 Å². The summed E-state index contributed by atoms with van der Waals surface area (Å²) in [5.74, 6) is -3.82. The Bertz CT molecular complexity index is 1060. The molecule has 0 spiro atoms. The summed E-state index contributed by atoms with van der Waals surface area (Å²) in [7, 11) is 4.18. The molecular weight excluding hydrogens is 569 g/mol. The van der Waals surface area contributed by atoms with Crippen LogP contribution in [0.3, 0.4) is 0 Å². The van der Waals surface area contributed by atoms with Crippen LogP contribution in [0.4, 0.5) is 8.78 Å². The maximum atomic E-state index is 13.5. The van der Waals surface area contributed by atoms with Gasteiger partial charge in [0.1, 0.15) is 12.1 Å². The molecule has 1 aliphatic rings. The number of rotatable bonds is 17. The molecule has 10 nitrogen and oxygen atoms in total. The highest BCUT2D eigenvalue weighted by molar-refractivity contribution is 7.17. The SMILES string of the molecule is CNC(C(=O)N[C@@H](CCC(=O)O)C(=O)N[C@@H](CC1CCCCC1)C(=O)NC(CC(F)F)C(C)=O)C(P)c1ccccc1. The number of carboxylic acids is 1. The number of amides is 3. The molecule has 5 N–H and O–H groups in total. The minimum absolute atomic E-state index is 0.0881. The molecule has 4 unspecified atom stereocenters. The number of carboxylic acid groups (broad SMARTS) is 1. The molecular formula is C29H43F2N4O6P. The predicted molar refractivity (Wildman–Crippen MR) is 157 cm³/mol. The Kier molecular flexibility index (Phi) is 15.0. The Morgan fingerprint density at radius 3 is 2.02 bits per heavy atom. The van der Waals surface area contributed by atoms with Crippen LogP contribution in [0.2, 0.25) is 0 Å². The van der Waals surface area contributed by atoms with Crippen LogP contribution in [0.1, 0.15) is 75.9 Å². The minimum Gasteiger partial charge on any atom is -0.481 e. The molecule has 1 fully saturated rings. The second-order valence-electron chi connectivity index (χ2n) is 10.8. The zero-order valence-corrected chi connectivity index (χ0v) is 25.3. The zero-order chi connectivity index (χ0) is 31.2. The molecule has 0 bridgehead atoms. The van der Waals surface area contributed by atoms with Crippen LogP contribution in [0.25, 0.3) is 0 Å². The molecule has 0 saturated heterocycles. The van der Waals surface area contributed by atoms with E-state index < -0.39 is 72.9 Å². The van der Waals surface area contributed by atoms with Gasteiger partial charge in [-0.1, -0.05) is 62.4 Å². The van der Waals surface area contributed by atoms with Crippen LogP contribution in [-0.4, -0.2) is 72.2 Å². The molecule has 1 aromatic rings. The molecule has 0 aliphatic heterocycles. The molecule has 1 aliphatic carbocycles. The van der Waals surface area contributed by atoms with Gasteiger partial charge < -0.3 is 26.4 Å². The zero-order valence-electron chi connectivity index (χ0n) is 24.1. The van der Waals surface area contributed by atoms with Crippen molar-refractivity contribution < 1.29 is 37.9 Å². The Morgan fingerprint density at radius 2 is 1.48 bits per heavy atom. The molecule has 6 atom stereocenters. The monoisotopic (exact) mass is 612 g/mol. The fraction of sp³-hybridized carbons (Fsp3) is 0.621. The maximum absolute atomic E-state index is 13.5. The molecule has 234 valence electrons. The van der Waals surface area contributed by atoms with Gasteiger partial charge in [-0.05, 0) is 38.3 Å². The van der Waals surface area contributed by atoms with E-state index in [1.807, 2.05) is 30.3 Å². The summed E-state index contributed by atoms with van der Waals surface area (Å²) in [6.07, 6.45) is 0.483. The third kappa shape index (κ3) is 11.7. The number of carbonyl (C=O) groups excluding carboxylic acids is 4. The van der Waals surface area contributed by atoms with Gasteiger partial charge in [-0.3, -0.25) is 24.0 Å². The van der Waals surface area contributed by atoms with Gasteiger partial charge >= 0.3 is 5.97 Å². The van der Waals surface area contributed by atoms with E-state index >= 15 is 0 Å². The molecule has 1 aromatic carbocycles. The van der Waals surface area contributed by atoms with Crippen LogP contribution in [0, 0.1) is 5.92 Å². The quantitative estimate of drug-likeness (QED) is 0.170. The van der Waals surface area contributed by atoms with E-state index in [0.717, 1.165) is 44.6 Å². The molecule has 1 saturated carbocycles. The van der Waals surface area contributed by atoms with Crippen molar-refractivity contribution in [3.63, 3.8) is 0 Å². The lowest BCUT2D eigenvalue weighted by Crippen LogP contribution is -2.58. The first-order valence-corrected chi connectivity index (χ1v) is 15.0. The summed E-state index contributed by atoms with van der Waals surface area (Å²) in [4.78, 5) is 63.3. The number of alkyl halides is 2. The number of likely N-dealkylation sites (N-methyl/N-ethyl adjacent to an activating group) is 1. The van der Waals surface area contributed by atoms with Crippen molar-refractivity contribution in [2.75, 3.05) is 7.05 Å². The molecule has 13 heteroatoms. The lowest BCUT2D eigenvalue weighted by molar-refractivity contribution is -0.138. The lowest BCUT2D eigenvalue weighted by atomic mass is 9.84.